The number of hydrogen-bond acceptors (Lipinski definition) is 1. The predicted molar refractivity (Wildman–Crippen MR) is 95.1 cm³/mol. The second-order valence-electron chi connectivity index (χ2n) is 16.4. The summed E-state index contributed by atoms with van der Waals surface area (Å²) in [4.78, 5) is 0. The number of nitrogens with one attached hydrogen (secondary N) is 1. The molecule has 0 aromatic carbocycles. The SMILES string of the molecule is C1C2CC3C4C5C6C7C8C9CC%10CC%11C%12C%13C%14C%15C%16C1C23C%164C%155NC%146C%137C%128C%10%119. The Morgan fingerprint density at radius 2 is 0.857 bits per heavy atom. The standard InChI is InChI=1S/C27H25N/c1-5-2-8-12-16-20-18-14-10-4-6-3-9-13-17-19-15-11-7(1)21(5,8)23(11,12)25(15,16)27(19,20)28-26(17,18)24(13,14)22(6,9)10/h5-20,28H,1-4H2. The summed E-state index contributed by atoms with van der Waals surface area (Å²) in [6, 6.07) is 0. The Kier molecular flexibility index (Phi) is 0.792. The van der Waals surface area contributed by atoms with E-state index in [0.29, 0.717) is 0 Å². The molecule has 1 N–H and O–H groups in total. The zero-order valence-corrected chi connectivity index (χ0v) is 16.1. The Bertz CT molecular complexity index is 1170. The minimum Gasteiger partial charge on any atom is -0.303 e. The maximum atomic E-state index is 4.85. The molecule has 2 heterocycles. The van der Waals surface area contributed by atoms with Crippen molar-refractivity contribution in [2.75, 3.05) is 0 Å². The molecular formula is C27H25N. The summed E-state index contributed by atoms with van der Waals surface area (Å²) in [5, 5.41) is 4.85. The van der Waals surface area contributed by atoms with Crippen molar-refractivity contribution in [3.05, 3.63) is 0 Å². The van der Waals surface area contributed by atoms with Gasteiger partial charge in [-0.3, -0.25) is 0 Å². The van der Waals surface area contributed by atoms with Gasteiger partial charge in [-0.1, -0.05) is 0 Å². The summed E-state index contributed by atoms with van der Waals surface area (Å²) in [5.74, 6) is 20.3. The lowest BCUT2D eigenvalue weighted by molar-refractivity contribution is -0.742. The van der Waals surface area contributed by atoms with Gasteiger partial charge in [0.1, 0.15) is 0 Å². The van der Waals surface area contributed by atoms with E-state index in [4.69, 9.17) is 5.32 Å². The molecule has 1 nitrogen and oxygen atoms in total. The van der Waals surface area contributed by atoms with Crippen molar-refractivity contribution >= 4 is 0 Å². The zero-order chi connectivity index (χ0) is 16.3. The molecule has 14 atom stereocenters. The number of hydrogen-bond donors (Lipinski definition) is 1. The van der Waals surface area contributed by atoms with Crippen molar-refractivity contribution in [3.8, 4) is 0 Å². The molecular weight excluding hydrogens is 338 g/mol. The van der Waals surface area contributed by atoms with Crippen LogP contribution in [-0.2, 0) is 0 Å². The van der Waals surface area contributed by atoms with E-state index in [9.17, 15) is 0 Å². The molecule has 7 spiro atoms. The van der Waals surface area contributed by atoms with Crippen LogP contribution in [-0.4, -0.2) is 11.1 Å². The average Bonchev–Trinajstić information content (AvgIpc) is 2.98. The normalized spacial score (nSPS) is 114. The number of fused-ring (bicyclic) bond motifs is 12. The average molecular weight is 364 g/mol. The van der Waals surface area contributed by atoms with Crippen molar-refractivity contribution < 1.29 is 0 Å². The van der Waals surface area contributed by atoms with Gasteiger partial charge < -0.3 is 5.32 Å². The fourth-order valence-corrected chi connectivity index (χ4v) is 22.5. The van der Waals surface area contributed by atoms with E-state index >= 15 is 0 Å². The van der Waals surface area contributed by atoms with Crippen molar-refractivity contribution in [2.24, 2.45) is 122 Å². The Balaban J connectivity index is 1.05. The highest BCUT2D eigenvalue weighted by atomic mass is 15.4. The molecule has 16 aliphatic rings. The Morgan fingerprint density at radius 1 is 0.429 bits per heavy atom. The highest BCUT2D eigenvalue weighted by Gasteiger charge is 3.26. The van der Waals surface area contributed by atoms with Crippen LogP contribution in [0.15, 0.2) is 0 Å². The maximum absolute atomic E-state index is 4.85. The third-order valence-electron chi connectivity index (χ3n) is 19.9. The second kappa shape index (κ2) is 2.01. The molecule has 0 radical (unpaired) electrons. The summed E-state index contributed by atoms with van der Waals surface area (Å²) in [6.45, 7) is 0. The molecule has 0 aromatic heterocycles. The third-order valence-corrected chi connectivity index (χ3v) is 19.9. The smallest absolute Gasteiger partial charge is 0.0323 e. The largest absolute Gasteiger partial charge is 0.303 e. The molecule has 14 aliphatic carbocycles. The molecule has 14 unspecified atom stereocenters. The van der Waals surface area contributed by atoms with Crippen LogP contribution in [0, 0.1) is 122 Å². The zero-order valence-electron chi connectivity index (χ0n) is 16.1. The molecule has 0 amide bonds. The van der Waals surface area contributed by atoms with Gasteiger partial charge >= 0.3 is 0 Å². The van der Waals surface area contributed by atoms with E-state index in [1.165, 1.54) is 94.7 Å². The van der Waals surface area contributed by atoms with Crippen molar-refractivity contribution in [3.63, 3.8) is 0 Å². The Morgan fingerprint density at radius 3 is 1.39 bits per heavy atom. The fraction of sp³-hybridized carbons (Fsp3) is 1.00. The van der Waals surface area contributed by atoms with Gasteiger partial charge in [0.2, 0.25) is 0 Å². The van der Waals surface area contributed by atoms with Crippen LogP contribution < -0.4 is 5.32 Å². The van der Waals surface area contributed by atoms with Gasteiger partial charge in [0.05, 0.1) is 0 Å². The minimum atomic E-state index is 0.790. The molecule has 28 heavy (non-hydrogen) atoms. The molecule has 138 valence electrons. The fourth-order valence-electron chi connectivity index (χ4n) is 22.5. The van der Waals surface area contributed by atoms with Crippen molar-refractivity contribution in [1.29, 1.82) is 0 Å². The highest BCUT2D eigenvalue weighted by molar-refractivity contribution is 5.75. The summed E-state index contributed by atoms with van der Waals surface area (Å²) < 4.78 is 0. The topological polar surface area (TPSA) is 12.0 Å². The van der Waals surface area contributed by atoms with E-state index in [1.807, 2.05) is 0 Å². The molecule has 16 fully saturated rings. The van der Waals surface area contributed by atoms with Crippen LogP contribution in [0.4, 0.5) is 0 Å². The molecule has 14 saturated carbocycles. The lowest BCUT2D eigenvalue weighted by Gasteiger charge is -3.21. The molecule has 16 rings (SSSR count). The van der Waals surface area contributed by atoms with E-state index < -0.39 is 0 Å². The Labute approximate surface area is 164 Å². The quantitative estimate of drug-likeness (QED) is 0.698. The first-order chi connectivity index (χ1) is 13.8. The molecule has 0 aromatic rings. The van der Waals surface area contributed by atoms with Crippen LogP contribution in [0.1, 0.15) is 25.7 Å². The van der Waals surface area contributed by atoms with Gasteiger partial charge in [-0.05, 0) is 137 Å². The van der Waals surface area contributed by atoms with Crippen LogP contribution >= 0.6 is 0 Å². The Hall–Kier alpha value is -0.0400. The van der Waals surface area contributed by atoms with E-state index in [0.717, 1.165) is 38.2 Å². The second-order valence-corrected chi connectivity index (χ2v) is 16.4. The summed E-state index contributed by atoms with van der Waals surface area (Å²) >= 11 is 0. The molecule has 2 aliphatic heterocycles. The molecule has 2 saturated heterocycles. The summed E-state index contributed by atoms with van der Waals surface area (Å²) in [5.41, 5.74) is 6.55. The first kappa shape index (κ1) is 11.0. The van der Waals surface area contributed by atoms with E-state index in [2.05, 4.69) is 0 Å². The van der Waals surface area contributed by atoms with Crippen molar-refractivity contribution in [2.45, 2.75) is 36.8 Å². The van der Waals surface area contributed by atoms with Gasteiger partial charge in [0, 0.05) is 21.9 Å². The maximum Gasteiger partial charge on any atom is 0.0323 e. The van der Waals surface area contributed by atoms with Gasteiger partial charge in [0.15, 0.2) is 0 Å². The monoisotopic (exact) mass is 363 g/mol. The van der Waals surface area contributed by atoms with E-state index in [-0.39, 0.29) is 0 Å². The van der Waals surface area contributed by atoms with Crippen LogP contribution in [0.3, 0.4) is 0 Å². The molecule has 2 bridgehead atoms. The van der Waals surface area contributed by atoms with Gasteiger partial charge in [-0.2, -0.15) is 0 Å². The lowest BCUT2D eigenvalue weighted by atomic mass is 8.82. The highest BCUT2D eigenvalue weighted by Crippen LogP contribution is 3.25. The van der Waals surface area contributed by atoms with Gasteiger partial charge in [-0.25, -0.2) is 0 Å². The molecule has 1 heteroatoms. The summed E-state index contributed by atoms with van der Waals surface area (Å²) in [7, 11) is 0. The lowest BCUT2D eigenvalue weighted by Crippen LogP contribution is -3.21. The van der Waals surface area contributed by atoms with Gasteiger partial charge in [0.25, 0.3) is 0 Å². The first-order valence-corrected chi connectivity index (χ1v) is 13.6. The van der Waals surface area contributed by atoms with Crippen molar-refractivity contribution in [1.82, 2.24) is 5.32 Å². The number of rotatable bonds is 0. The predicted octanol–water partition coefficient (Wildman–Crippen LogP) is 2.62. The first-order valence-electron chi connectivity index (χ1n) is 13.6. The van der Waals surface area contributed by atoms with Crippen LogP contribution in [0.25, 0.3) is 0 Å². The van der Waals surface area contributed by atoms with Crippen LogP contribution in [0.5, 0.6) is 0 Å². The minimum absolute atomic E-state index is 0.790. The summed E-state index contributed by atoms with van der Waals surface area (Å²) in [6.07, 6.45) is 6.84. The van der Waals surface area contributed by atoms with Gasteiger partial charge in [-0.15, -0.1) is 0 Å². The van der Waals surface area contributed by atoms with E-state index in [1.54, 1.807) is 25.7 Å². The van der Waals surface area contributed by atoms with Crippen LogP contribution in [0.2, 0.25) is 0 Å². The third kappa shape index (κ3) is 0.363.